The van der Waals surface area contributed by atoms with E-state index in [-0.39, 0.29) is 5.91 Å². The molecule has 1 aliphatic rings. The molecule has 134 valence electrons. The Labute approximate surface area is 145 Å². The van der Waals surface area contributed by atoms with Gasteiger partial charge >= 0.3 is 0 Å². The summed E-state index contributed by atoms with van der Waals surface area (Å²) < 4.78 is 11.6. The number of nitrogens with zero attached hydrogens (tertiary/aromatic N) is 1. The van der Waals surface area contributed by atoms with Crippen molar-refractivity contribution in [2.45, 2.75) is 65.4 Å². The number of rotatable bonds is 10. The number of ether oxygens (including phenoxy) is 2. The van der Waals surface area contributed by atoms with Gasteiger partial charge in [-0.05, 0) is 51.5 Å². The summed E-state index contributed by atoms with van der Waals surface area (Å²) in [5.74, 6) is 0.864. The molecule has 0 saturated heterocycles. The quantitative estimate of drug-likeness (QED) is 0.654. The van der Waals surface area contributed by atoms with Crippen molar-refractivity contribution in [2.24, 2.45) is 5.92 Å². The van der Waals surface area contributed by atoms with Gasteiger partial charge in [-0.3, -0.25) is 4.79 Å². The van der Waals surface area contributed by atoms with E-state index in [0.29, 0.717) is 30.7 Å². The van der Waals surface area contributed by atoms with Crippen LogP contribution in [0.1, 0.15) is 58.4 Å². The van der Waals surface area contributed by atoms with Crippen molar-refractivity contribution in [3.8, 4) is 5.88 Å². The zero-order chi connectivity index (χ0) is 17.6. The van der Waals surface area contributed by atoms with E-state index in [0.717, 1.165) is 37.7 Å². The van der Waals surface area contributed by atoms with E-state index in [9.17, 15) is 4.79 Å². The Morgan fingerprint density at radius 3 is 2.67 bits per heavy atom. The molecule has 2 rings (SSSR count). The van der Waals surface area contributed by atoms with Crippen LogP contribution in [0.4, 0.5) is 5.69 Å². The Hall–Kier alpha value is -1.62. The summed E-state index contributed by atoms with van der Waals surface area (Å²) in [5, 5.41) is 2.97. The molecule has 1 atom stereocenters. The van der Waals surface area contributed by atoms with Crippen LogP contribution in [-0.2, 0) is 9.53 Å². The van der Waals surface area contributed by atoms with E-state index in [4.69, 9.17) is 9.47 Å². The number of anilines is 1. The van der Waals surface area contributed by atoms with E-state index in [1.165, 1.54) is 0 Å². The fourth-order valence-electron chi connectivity index (χ4n) is 2.67. The summed E-state index contributed by atoms with van der Waals surface area (Å²) in [7, 11) is 0. The lowest BCUT2D eigenvalue weighted by Gasteiger charge is -2.28. The van der Waals surface area contributed by atoms with Gasteiger partial charge in [0, 0.05) is 12.2 Å². The number of aromatic nitrogens is 1. The first kappa shape index (κ1) is 18.7. The fraction of sp³-hybridized carbons (Fsp3) is 0.684. The maximum Gasteiger partial charge on any atom is 0.256 e. The van der Waals surface area contributed by atoms with Crippen LogP contribution in [-0.4, -0.2) is 29.7 Å². The highest BCUT2D eigenvalue weighted by Gasteiger charge is 2.48. The number of nitrogens with one attached hydrogen (secondary N) is 1. The van der Waals surface area contributed by atoms with Crippen molar-refractivity contribution in [1.29, 1.82) is 0 Å². The van der Waals surface area contributed by atoms with E-state index < -0.39 is 5.60 Å². The minimum Gasteiger partial charge on any atom is -0.477 e. The standard InChI is InChI=1S/C19H30N2O3/c1-5-7-11-23-17-14(3)12-16(13-20-17)21-18(22)19(4,15-8-9-15)24-10-6-2/h12-13,15H,5-11H2,1-4H3,(H,21,22)/t19-/m0/s1. The summed E-state index contributed by atoms with van der Waals surface area (Å²) >= 11 is 0. The second-order valence-electron chi connectivity index (χ2n) is 6.73. The molecule has 24 heavy (non-hydrogen) atoms. The van der Waals surface area contributed by atoms with Gasteiger partial charge in [0.2, 0.25) is 5.88 Å². The first-order valence-electron chi connectivity index (χ1n) is 9.06. The van der Waals surface area contributed by atoms with Crippen LogP contribution in [0.3, 0.4) is 0 Å². The van der Waals surface area contributed by atoms with Gasteiger partial charge in [-0.15, -0.1) is 0 Å². The van der Waals surface area contributed by atoms with Gasteiger partial charge in [0.15, 0.2) is 0 Å². The minimum atomic E-state index is -0.750. The Kier molecular flexibility index (Phi) is 6.60. The topological polar surface area (TPSA) is 60.5 Å². The molecule has 1 saturated carbocycles. The molecule has 1 aliphatic carbocycles. The third kappa shape index (κ3) is 4.69. The fourth-order valence-corrected chi connectivity index (χ4v) is 2.67. The molecule has 0 spiro atoms. The van der Waals surface area contributed by atoms with E-state index in [1.807, 2.05) is 19.9 Å². The minimum absolute atomic E-state index is 0.0840. The summed E-state index contributed by atoms with van der Waals surface area (Å²) in [5.41, 5.74) is 0.860. The number of aryl methyl sites for hydroxylation is 1. The monoisotopic (exact) mass is 334 g/mol. The van der Waals surface area contributed by atoms with Gasteiger partial charge in [-0.2, -0.15) is 0 Å². The van der Waals surface area contributed by atoms with Crippen molar-refractivity contribution in [3.05, 3.63) is 17.8 Å². The molecule has 0 bridgehead atoms. The summed E-state index contributed by atoms with van der Waals surface area (Å²) in [6.45, 7) is 9.29. The van der Waals surface area contributed by atoms with Gasteiger partial charge in [0.05, 0.1) is 18.5 Å². The predicted octanol–water partition coefficient (Wildman–Crippen LogP) is 4.10. The van der Waals surface area contributed by atoms with Crippen molar-refractivity contribution in [1.82, 2.24) is 4.98 Å². The third-order valence-electron chi connectivity index (χ3n) is 4.44. The van der Waals surface area contributed by atoms with Gasteiger partial charge in [-0.1, -0.05) is 20.3 Å². The van der Waals surface area contributed by atoms with E-state index in [2.05, 4.69) is 24.1 Å². The molecule has 1 aromatic heterocycles. The molecular weight excluding hydrogens is 304 g/mol. The van der Waals surface area contributed by atoms with Gasteiger partial charge in [0.1, 0.15) is 5.60 Å². The molecule has 1 heterocycles. The normalized spacial score (nSPS) is 16.5. The highest BCUT2D eigenvalue weighted by molar-refractivity contribution is 5.97. The molecular formula is C19H30N2O3. The highest BCUT2D eigenvalue weighted by atomic mass is 16.5. The number of carbonyl (C=O) groups is 1. The zero-order valence-electron chi connectivity index (χ0n) is 15.4. The molecule has 0 aliphatic heterocycles. The average Bonchev–Trinajstić information content (AvgIpc) is 3.40. The van der Waals surface area contributed by atoms with Crippen LogP contribution >= 0.6 is 0 Å². The lowest BCUT2D eigenvalue weighted by Crippen LogP contribution is -2.45. The second-order valence-corrected chi connectivity index (χ2v) is 6.73. The van der Waals surface area contributed by atoms with E-state index in [1.54, 1.807) is 6.20 Å². The maximum absolute atomic E-state index is 12.7. The first-order chi connectivity index (χ1) is 11.5. The smallest absolute Gasteiger partial charge is 0.256 e. The van der Waals surface area contributed by atoms with E-state index >= 15 is 0 Å². The van der Waals surface area contributed by atoms with Gasteiger partial charge in [-0.25, -0.2) is 4.98 Å². The number of amides is 1. The lowest BCUT2D eigenvalue weighted by molar-refractivity contribution is -0.142. The Morgan fingerprint density at radius 2 is 2.08 bits per heavy atom. The summed E-state index contributed by atoms with van der Waals surface area (Å²) in [6.07, 6.45) is 6.75. The molecule has 1 amide bonds. The molecule has 1 fully saturated rings. The predicted molar refractivity (Wildman–Crippen MR) is 95.4 cm³/mol. The highest BCUT2D eigenvalue weighted by Crippen LogP contribution is 2.42. The molecule has 0 aromatic carbocycles. The number of hydrogen-bond acceptors (Lipinski definition) is 4. The first-order valence-corrected chi connectivity index (χ1v) is 9.06. The maximum atomic E-state index is 12.7. The van der Waals surface area contributed by atoms with Crippen molar-refractivity contribution in [2.75, 3.05) is 18.5 Å². The molecule has 0 radical (unpaired) electrons. The molecule has 5 nitrogen and oxygen atoms in total. The number of carbonyl (C=O) groups excluding carboxylic acids is 1. The number of unbranched alkanes of at least 4 members (excludes halogenated alkanes) is 1. The van der Waals surface area contributed by atoms with Crippen molar-refractivity contribution in [3.63, 3.8) is 0 Å². The Morgan fingerprint density at radius 1 is 1.33 bits per heavy atom. The second kappa shape index (κ2) is 8.47. The molecule has 1 aromatic rings. The zero-order valence-corrected chi connectivity index (χ0v) is 15.4. The Bertz CT molecular complexity index is 558. The van der Waals surface area contributed by atoms with Crippen LogP contribution in [0.5, 0.6) is 5.88 Å². The molecule has 1 N–H and O–H groups in total. The molecule has 0 unspecified atom stereocenters. The summed E-state index contributed by atoms with van der Waals surface area (Å²) in [4.78, 5) is 17.1. The van der Waals surface area contributed by atoms with Crippen LogP contribution in [0.15, 0.2) is 12.3 Å². The van der Waals surface area contributed by atoms with Crippen molar-refractivity contribution < 1.29 is 14.3 Å². The third-order valence-corrected chi connectivity index (χ3v) is 4.44. The van der Waals surface area contributed by atoms with Crippen LogP contribution in [0.2, 0.25) is 0 Å². The van der Waals surface area contributed by atoms with Crippen molar-refractivity contribution >= 4 is 11.6 Å². The van der Waals surface area contributed by atoms with Gasteiger partial charge in [0.25, 0.3) is 5.91 Å². The SMILES string of the molecule is CCCCOc1ncc(NC(=O)[C@@](C)(OCCC)C2CC2)cc1C. The average molecular weight is 334 g/mol. The van der Waals surface area contributed by atoms with Crippen LogP contribution in [0, 0.1) is 12.8 Å². The molecule has 5 heteroatoms. The largest absolute Gasteiger partial charge is 0.477 e. The number of hydrogen-bond donors (Lipinski definition) is 1. The lowest BCUT2D eigenvalue weighted by atomic mass is 9.98. The van der Waals surface area contributed by atoms with Crippen LogP contribution in [0.25, 0.3) is 0 Å². The number of pyridine rings is 1. The Balaban J connectivity index is 2.01. The van der Waals surface area contributed by atoms with Gasteiger partial charge < -0.3 is 14.8 Å². The van der Waals surface area contributed by atoms with Crippen LogP contribution < -0.4 is 10.1 Å². The summed E-state index contributed by atoms with van der Waals surface area (Å²) in [6, 6.07) is 1.90.